The molecule has 1 N–H and O–H groups in total. The molecule has 1 aromatic rings. The smallest absolute Gasteiger partial charge is 0.317 e. The van der Waals surface area contributed by atoms with E-state index in [2.05, 4.69) is 14.9 Å². The summed E-state index contributed by atoms with van der Waals surface area (Å²) in [5.41, 5.74) is 0. The van der Waals surface area contributed by atoms with E-state index in [-0.39, 0.29) is 12.1 Å². The van der Waals surface area contributed by atoms with Crippen molar-refractivity contribution in [2.45, 2.75) is 44.8 Å². The molecule has 3 heterocycles. The molecule has 6 heteroatoms. The Kier molecular flexibility index (Phi) is 4.97. The van der Waals surface area contributed by atoms with Gasteiger partial charge in [0, 0.05) is 52.1 Å². The van der Waals surface area contributed by atoms with E-state index in [1.807, 2.05) is 19.4 Å². The second kappa shape index (κ2) is 7.13. The van der Waals surface area contributed by atoms with Gasteiger partial charge >= 0.3 is 6.03 Å². The van der Waals surface area contributed by atoms with Crippen molar-refractivity contribution >= 4 is 6.03 Å². The molecule has 0 bridgehead atoms. The van der Waals surface area contributed by atoms with Gasteiger partial charge in [-0.15, -0.1) is 0 Å². The van der Waals surface area contributed by atoms with Gasteiger partial charge in [0.1, 0.15) is 5.82 Å². The van der Waals surface area contributed by atoms with Crippen LogP contribution in [0.1, 0.15) is 31.5 Å². The zero-order valence-corrected chi connectivity index (χ0v) is 13.3. The zero-order chi connectivity index (χ0) is 15.4. The number of nitrogens with zero attached hydrogens (tertiary/aromatic N) is 3. The molecule has 0 saturated carbocycles. The Morgan fingerprint density at radius 3 is 3.23 bits per heavy atom. The number of imidazole rings is 1. The van der Waals surface area contributed by atoms with Crippen LogP contribution in [-0.4, -0.2) is 53.3 Å². The van der Waals surface area contributed by atoms with Gasteiger partial charge in [-0.3, -0.25) is 0 Å². The molecule has 1 fully saturated rings. The van der Waals surface area contributed by atoms with Crippen molar-refractivity contribution < 1.29 is 9.53 Å². The van der Waals surface area contributed by atoms with Crippen LogP contribution in [0.2, 0.25) is 0 Å². The minimum atomic E-state index is 0.00286. The van der Waals surface area contributed by atoms with Crippen LogP contribution in [0.5, 0.6) is 0 Å². The first-order chi connectivity index (χ1) is 10.7. The Morgan fingerprint density at radius 1 is 1.50 bits per heavy atom. The van der Waals surface area contributed by atoms with Gasteiger partial charge in [-0.1, -0.05) is 0 Å². The fraction of sp³-hybridized carbons (Fsp3) is 0.750. The molecule has 2 aliphatic heterocycles. The van der Waals surface area contributed by atoms with Crippen LogP contribution in [0.25, 0.3) is 0 Å². The maximum absolute atomic E-state index is 12.2. The van der Waals surface area contributed by atoms with E-state index < -0.39 is 0 Å². The summed E-state index contributed by atoms with van der Waals surface area (Å²) >= 11 is 0. The fourth-order valence-electron chi connectivity index (χ4n) is 3.35. The number of hydrogen-bond donors (Lipinski definition) is 1. The van der Waals surface area contributed by atoms with Crippen molar-refractivity contribution in [1.29, 1.82) is 0 Å². The van der Waals surface area contributed by atoms with E-state index >= 15 is 0 Å². The molecule has 22 heavy (non-hydrogen) atoms. The van der Waals surface area contributed by atoms with E-state index in [9.17, 15) is 4.79 Å². The summed E-state index contributed by atoms with van der Waals surface area (Å²) in [7, 11) is 1.87. The first-order valence-corrected chi connectivity index (χ1v) is 8.33. The average Bonchev–Trinajstić information content (AvgIpc) is 3.01. The molecule has 0 aromatic carbocycles. The Morgan fingerprint density at radius 2 is 2.41 bits per heavy atom. The number of nitrogens with one attached hydrogen (secondary N) is 1. The molecule has 2 aliphatic rings. The highest BCUT2D eigenvalue weighted by molar-refractivity contribution is 5.73. The summed E-state index contributed by atoms with van der Waals surface area (Å²) in [6.45, 7) is 3.24. The largest absolute Gasteiger partial charge is 0.376 e. The van der Waals surface area contributed by atoms with Crippen LogP contribution >= 0.6 is 0 Å². The molecule has 2 unspecified atom stereocenters. The number of aryl methyl sites for hydroxylation is 1. The second-order valence-electron chi connectivity index (χ2n) is 6.45. The standard InChI is InChI=1S/C16H26N4O2/c1-19(16(21)18-11-14-4-2-3-9-22-14)12-13-5-7-20-8-6-17-15(20)10-13/h6,8,13-14H,2-5,7,9-12H2,1H3,(H,18,21). The van der Waals surface area contributed by atoms with Gasteiger partial charge in [0.05, 0.1) is 6.10 Å². The third-order valence-electron chi connectivity index (χ3n) is 4.68. The first-order valence-electron chi connectivity index (χ1n) is 8.33. The van der Waals surface area contributed by atoms with Crippen LogP contribution in [-0.2, 0) is 17.7 Å². The summed E-state index contributed by atoms with van der Waals surface area (Å²) in [5.74, 6) is 1.64. The molecule has 2 amide bonds. The number of ether oxygens (including phenoxy) is 1. The zero-order valence-electron chi connectivity index (χ0n) is 13.3. The maximum Gasteiger partial charge on any atom is 0.317 e. The van der Waals surface area contributed by atoms with Crippen molar-refractivity contribution in [3.63, 3.8) is 0 Å². The van der Waals surface area contributed by atoms with E-state index in [0.717, 1.165) is 51.2 Å². The minimum absolute atomic E-state index is 0.00286. The summed E-state index contributed by atoms with van der Waals surface area (Å²) < 4.78 is 7.85. The van der Waals surface area contributed by atoms with Gasteiger partial charge in [0.25, 0.3) is 0 Å². The monoisotopic (exact) mass is 306 g/mol. The SMILES string of the molecule is CN(CC1CCn2ccnc2C1)C(=O)NCC1CCCCO1. The highest BCUT2D eigenvalue weighted by Gasteiger charge is 2.22. The second-order valence-corrected chi connectivity index (χ2v) is 6.45. The van der Waals surface area contributed by atoms with Crippen LogP contribution in [0.3, 0.4) is 0 Å². The van der Waals surface area contributed by atoms with Crippen molar-refractivity contribution in [1.82, 2.24) is 19.8 Å². The highest BCUT2D eigenvalue weighted by Crippen LogP contribution is 2.19. The number of urea groups is 1. The lowest BCUT2D eigenvalue weighted by Crippen LogP contribution is -2.44. The number of carbonyl (C=O) groups excluding carboxylic acids is 1. The van der Waals surface area contributed by atoms with Crippen molar-refractivity contribution in [3.8, 4) is 0 Å². The molecule has 0 aliphatic carbocycles. The minimum Gasteiger partial charge on any atom is -0.376 e. The van der Waals surface area contributed by atoms with E-state index in [0.29, 0.717) is 12.5 Å². The Bertz CT molecular complexity index is 496. The van der Waals surface area contributed by atoms with Gasteiger partial charge in [-0.25, -0.2) is 9.78 Å². The number of rotatable bonds is 4. The van der Waals surface area contributed by atoms with E-state index in [1.54, 1.807) is 4.90 Å². The quantitative estimate of drug-likeness (QED) is 0.920. The molecule has 0 radical (unpaired) electrons. The van der Waals surface area contributed by atoms with E-state index in [4.69, 9.17) is 4.74 Å². The molecular formula is C16H26N4O2. The predicted octanol–water partition coefficient (Wildman–Crippen LogP) is 1.66. The van der Waals surface area contributed by atoms with Gasteiger partial charge in [-0.2, -0.15) is 0 Å². The Labute approximate surface area is 131 Å². The molecule has 6 nitrogen and oxygen atoms in total. The lowest BCUT2D eigenvalue weighted by molar-refractivity contribution is 0.0178. The molecule has 1 aromatic heterocycles. The van der Waals surface area contributed by atoms with Crippen molar-refractivity contribution in [2.24, 2.45) is 5.92 Å². The third-order valence-corrected chi connectivity index (χ3v) is 4.68. The summed E-state index contributed by atoms with van der Waals surface area (Å²) in [6.07, 6.45) is 9.53. The number of hydrogen-bond acceptors (Lipinski definition) is 3. The normalized spacial score (nSPS) is 24.6. The third kappa shape index (κ3) is 3.80. The summed E-state index contributed by atoms with van der Waals surface area (Å²) in [5, 5.41) is 3.00. The first kappa shape index (κ1) is 15.3. The van der Waals surface area contributed by atoms with Crippen LogP contribution in [0.15, 0.2) is 12.4 Å². The average molecular weight is 306 g/mol. The van der Waals surface area contributed by atoms with Crippen LogP contribution in [0, 0.1) is 5.92 Å². The number of carbonyl (C=O) groups is 1. The van der Waals surface area contributed by atoms with Crippen molar-refractivity contribution in [3.05, 3.63) is 18.2 Å². The van der Waals surface area contributed by atoms with Gasteiger partial charge < -0.3 is 19.5 Å². The Hall–Kier alpha value is -1.56. The van der Waals surface area contributed by atoms with Gasteiger partial charge in [-0.05, 0) is 31.6 Å². The summed E-state index contributed by atoms with van der Waals surface area (Å²) in [6, 6.07) is 0.00286. The highest BCUT2D eigenvalue weighted by atomic mass is 16.5. The lowest BCUT2D eigenvalue weighted by atomic mass is 9.97. The van der Waals surface area contributed by atoms with Crippen molar-refractivity contribution in [2.75, 3.05) is 26.7 Å². The molecule has 0 spiro atoms. The molecule has 3 rings (SSSR count). The predicted molar refractivity (Wildman–Crippen MR) is 83.7 cm³/mol. The summed E-state index contributed by atoms with van der Waals surface area (Å²) in [4.78, 5) is 18.4. The number of amides is 2. The fourth-order valence-corrected chi connectivity index (χ4v) is 3.35. The lowest BCUT2D eigenvalue weighted by Gasteiger charge is -2.29. The maximum atomic E-state index is 12.2. The van der Waals surface area contributed by atoms with E-state index in [1.165, 1.54) is 6.42 Å². The van der Waals surface area contributed by atoms with Gasteiger partial charge in [0.2, 0.25) is 0 Å². The molecule has 122 valence electrons. The van der Waals surface area contributed by atoms with Crippen LogP contribution < -0.4 is 5.32 Å². The molecule has 1 saturated heterocycles. The van der Waals surface area contributed by atoms with Gasteiger partial charge in [0.15, 0.2) is 0 Å². The molecule has 2 atom stereocenters. The molecular weight excluding hydrogens is 280 g/mol. The Balaban J connectivity index is 1.41. The topological polar surface area (TPSA) is 59.4 Å². The number of fused-ring (bicyclic) bond motifs is 1. The number of aromatic nitrogens is 2. The van der Waals surface area contributed by atoms with Crippen LogP contribution in [0.4, 0.5) is 4.79 Å².